The summed E-state index contributed by atoms with van der Waals surface area (Å²) in [7, 11) is 0. The van der Waals surface area contributed by atoms with Crippen LogP contribution in [0.1, 0.15) is 33.1 Å². The van der Waals surface area contributed by atoms with E-state index in [1.807, 2.05) is 6.08 Å². The highest BCUT2D eigenvalue weighted by molar-refractivity contribution is 4.80. The Kier molecular flexibility index (Phi) is 5.38. The molecule has 1 nitrogen and oxygen atoms in total. The molecule has 0 aliphatic carbocycles. The Bertz CT molecular complexity index is 76.6. The maximum Gasteiger partial charge on any atom is 0.0754 e. The van der Waals surface area contributed by atoms with Crippen molar-refractivity contribution in [3.63, 3.8) is 0 Å². The van der Waals surface area contributed by atoms with Crippen molar-refractivity contribution in [2.45, 2.75) is 33.1 Å². The van der Waals surface area contributed by atoms with E-state index in [0.29, 0.717) is 5.92 Å². The molecule has 0 saturated heterocycles. The van der Waals surface area contributed by atoms with Gasteiger partial charge in [0, 0.05) is 0 Å². The number of hydrogen-bond acceptors (Lipinski definition) is 1. The average molecular weight is 128 g/mol. The molecule has 0 bridgehead atoms. The lowest BCUT2D eigenvalue weighted by Crippen LogP contribution is -1.91. The van der Waals surface area contributed by atoms with E-state index in [-0.39, 0.29) is 0 Å². The average Bonchev–Trinajstić information content (AvgIpc) is 1.88. The van der Waals surface area contributed by atoms with Gasteiger partial charge in [-0.2, -0.15) is 0 Å². The van der Waals surface area contributed by atoms with E-state index in [9.17, 15) is 0 Å². The van der Waals surface area contributed by atoms with Crippen molar-refractivity contribution in [3.8, 4) is 0 Å². The Labute approximate surface area is 57.4 Å². The summed E-state index contributed by atoms with van der Waals surface area (Å²) in [5.41, 5.74) is 0. The van der Waals surface area contributed by atoms with E-state index in [1.165, 1.54) is 12.8 Å². The highest BCUT2D eigenvalue weighted by Gasteiger charge is 1.97. The fourth-order valence-electron chi connectivity index (χ4n) is 0.929. The number of aliphatic hydroxyl groups excluding tert-OH is 1. The van der Waals surface area contributed by atoms with Gasteiger partial charge in [-0.05, 0) is 24.8 Å². The van der Waals surface area contributed by atoms with Gasteiger partial charge in [-0.15, -0.1) is 0 Å². The van der Waals surface area contributed by atoms with Gasteiger partial charge < -0.3 is 5.11 Å². The van der Waals surface area contributed by atoms with Crippen LogP contribution in [0.25, 0.3) is 0 Å². The Morgan fingerprint density at radius 1 is 1.44 bits per heavy atom. The molecule has 0 aromatic rings. The molecule has 1 N–H and O–H groups in total. The van der Waals surface area contributed by atoms with Gasteiger partial charge in [-0.1, -0.05) is 20.3 Å². The molecule has 0 aromatic heterocycles. The van der Waals surface area contributed by atoms with Gasteiger partial charge in [0.25, 0.3) is 0 Å². The smallest absolute Gasteiger partial charge is 0.0754 e. The molecule has 0 radical (unpaired) electrons. The minimum absolute atomic E-state index is 0.583. The van der Waals surface area contributed by atoms with E-state index < -0.39 is 0 Å². The van der Waals surface area contributed by atoms with Crippen LogP contribution in [0.5, 0.6) is 0 Å². The molecular formula is C8H16O. The highest BCUT2D eigenvalue weighted by Crippen LogP contribution is 2.10. The van der Waals surface area contributed by atoms with Crippen molar-refractivity contribution in [1.29, 1.82) is 0 Å². The van der Waals surface area contributed by atoms with Gasteiger partial charge >= 0.3 is 0 Å². The third-order valence-electron chi connectivity index (χ3n) is 1.54. The van der Waals surface area contributed by atoms with Crippen LogP contribution in [-0.2, 0) is 0 Å². The monoisotopic (exact) mass is 128 g/mol. The quantitative estimate of drug-likeness (QED) is 0.577. The number of allylic oxidation sites excluding steroid dienone is 1. The van der Waals surface area contributed by atoms with Gasteiger partial charge in [-0.3, -0.25) is 0 Å². The zero-order valence-corrected chi connectivity index (χ0v) is 6.30. The van der Waals surface area contributed by atoms with E-state index >= 15 is 0 Å². The van der Waals surface area contributed by atoms with Crippen LogP contribution in [0.4, 0.5) is 0 Å². The molecule has 0 saturated carbocycles. The minimum Gasteiger partial charge on any atom is -0.516 e. The molecule has 0 aromatic carbocycles. The van der Waals surface area contributed by atoms with Gasteiger partial charge in [0.15, 0.2) is 0 Å². The van der Waals surface area contributed by atoms with Crippen molar-refractivity contribution in [3.05, 3.63) is 12.3 Å². The predicted molar refractivity (Wildman–Crippen MR) is 40.5 cm³/mol. The lowest BCUT2D eigenvalue weighted by molar-refractivity contribution is 0.456. The molecule has 54 valence electrons. The summed E-state index contributed by atoms with van der Waals surface area (Å²) in [5.74, 6) is 0.583. The summed E-state index contributed by atoms with van der Waals surface area (Å²) in [6, 6.07) is 0. The summed E-state index contributed by atoms with van der Waals surface area (Å²) in [5, 5.41) is 8.41. The second-order valence-corrected chi connectivity index (χ2v) is 2.30. The maximum absolute atomic E-state index is 8.41. The van der Waals surface area contributed by atoms with Crippen LogP contribution < -0.4 is 0 Å². The Morgan fingerprint density at radius 2 is 2.11 bits per heavy atom. The number of hydrogen-bond donors (Lipinski definition) is 1. The van der Waals surface area contributed by atoms with Crippen molar-refractivity contribution in [2.75, 3.05) is 0 Å². The first kappa shape index (κ1) is 8.54. The summed E-state index contributed by atoms with van der Waals surface area (Å²) in [4.78, 5) is 0. The summed E-state index contributed by atoms with van der Waals surface area (Å²) in [6.07, 6.45) is 6.54. The van der Waals surface area contributed by atoms with Crippen molar-refractivity contribution < 1.29 is 5.11 Å². The molecule has 0 amide bonds. The van der Waals surface area contributed by atoms with E-state index in [0.717, 1.165) is 12.7 Å². The topological polar surface area (TPSA) is 20.2 Å². The van der Waals surface area contributed by atoms with E-state index in [1.54, 1.807) is 0 Å². The SMILES string of the molecule is CCCC(C=CO)CC. The third kappa shape index (κ3) is 4.07. The summed E-state index contributed by atoms with van der Waals surface area (Å²) >= 11 is 0. The van der Waals surface area contributed by atoms with Crippen molar-refractivity contribution in [1.82, 2.24) is 0 Å². The van der Waals surface area contributed by atoms with Crippen LogP contribution in [0, 0.1) is 5.92 Å². The maximum atomic E-state index is 8.41. The first-order valence-corrected chi connectivity index (χ1v) is 3.66. The number of aliphatic hydroxyl groups is 1. The third-order valence-corrected chi connectivity index (χ3v) is 1.54. The number of rotatable bonds is 4. The van der Waals surface area contributed by atoms with Crippen LogP contribution in [0.3, 0.4) is 0 Å². The van der Waals surface area contributed by atoms with Crippen LogP contribution in [-0.4, -0.2) is 5.11 Å². The molecule has 0 rings (SSSR count). The Morgan fingerprint density at radius 3 is 2.44 bits per heavy atom. The first-order chi connectivity index (χ1) is 4.35. The van der Waals surface area contributed by atoms with E-state index in [2.05, 4.69) is 13.8 Å². The molecule has 1 heteroatoms. The molecule has 0 heterocycles. The highest BCUT2D eigenvalue weighted by atomic mass is 16.2. The van der Waals surface area contributed by atoms with Gasteiger partial charge in [0.1, 0.15) is 0 Å². The Balaban J connectivity index is 3.41. The second kappa shape index (κ2) is 5.67. The summed E-state index contributed by atoms with van der Waals surface area (Å²) < 4.78 is 0. The van der Waals surface area contributed by atoms with Crippen LogP contribution in [0.15, 0.2) is 12.3 Å². The second-order valence-electron chi connectivity index (χ2n) is 2.30. The summed E-state index contributed by atoms with van der Waals surface area (Å²) in [6.45, 7) is 4.30. The van der Waals surface area contributed by atoms with Crippen molar-refractivity contribution in [2.24, 2.45) is 5.92 Å². The molecule has 0 fully saturated rings. The van der Waals surface area contributed by atoms with Crippen molar-refractivity contribution >= 4 is 0 Å². The first-order valence-electron chi connectivity index (χ1n) is 3.66. The van der Waals surface area contributed by atoms with Gasteiger partial charge in [-0.25, -0.2) is 0 Å². The molecule has 1 unspecified atom stereocenters. The molecule has 1 atom stereocenters. The lowest BCUT2D eigenvalue weighted by atomic mass is 10.0. The van der Waals surface area contributed by atoms with Gasteiger partial charge in [0.05, 0.1) is 6.26 Å². The predicted octanol–water partition coefficient (Wildman–Crippen LogP) is 2.88. The molecule has 0 spiro atoms. The normalized spacial score (nSPS) is 14.4. The molecule has 9 heavy (non-hydrogen) atoms. The van der Waals surface area contributed by atoms with Crippen LogP contribution >= 0.6 is 0 Å². The van der Waals surface area contributed by atoms with Crippen LogP contribution in [0.2, 0.25) is 0 Å². The molecular weight excluding hydrogens is 112 g/mol. The minimum atomic E-state index is 0.583. The zero-order chi connectivity index (χ0) is 7.11. The molecule has 0 aliphatic heterocycles. The standard InChI is InChI=1S/C8H16O/c1-3-5-8(4-2)6-7-9/h6-9H,3-5H2,1-2H3. The lowest BCUT2D eigenvalue weighted by Gasteiger charge is -2.05. The Hall–Kier alpha value is -0.460. The van der Waals surface area contributed by atoms with Gasteiger partial charge in [0.2, 0.25) is 0 Å². The fourth-order valence-corrected chi connectivity index (χ4v) is 0.929. The largest absolute Gasteiger partial charge is 0.516 e. The van der Waals surface area contributed by atoms with E-state index in [4.69, 9.17) is 5.11 Å². The molecule has 0 aliphatic rings. The fraction of sp³-hybridized carbons (Fsp3) is 0.750. The zero-order valence-electron chi connectivity index (χ0n) is 6.30.